The molecule has 0 spiro atoms. The third kappa shape index (κ3) is 2.73. The summed E-state index contributed by atoms with van der Waals surface area (Å²) in [4.78, 5) is 38.5. The van der Waals surface area contributed by atoms with Crippen LogP contribution in [-0.4, -0.2) is 14.9 Å². The molecule has 6 heteroatoms. The summed E-state index contributed by atoms with van der Waals surface area (Å²) >= 11 is 1.21. The highest BCUT2D eigenvalue weighted by Crippen LogP contribution is 2.25. The van der Waals surface area contributed by atoms with E-state index in [9.17, 15) is 14.4 Å². The maximum absolute atomic E-state index is 12.6. The molecule has 0 saturated heterocycles. The number of nitrogens with zero attached hydrogens (tertiary/aromatic N) is 2. The third-order valence-electron chi connectivity index (χ3n) is 3.82. The highest BCUT2D eigenvalue weighted by Gasteiger charge is 2.19. The lowest BCUT2D eigenvalue weighted by molar-refractivity contribution is 0.104. The molecule has 2 aromatic heterocycles. The van der Waals surface area contributed by atoms with Crippen molar-refractivity contribution in [2.75, 3.05) is 0 Å². The van der Waals surface area contributed by atoms with Crippen molar-refractivity contribution >= 4 is 27.3 Å². The zero-order valence-corrected chi connectivity index (χ0v) is 14.6. The molecule has 3 rings (SSSR count). The van der Waals surface area contributed by atoms with Gasteiger partial charge in [0.1, 0.15) is 4.83 Å². The number of aromatic nitrogens is 2. The van der Waals surface area contributed by atoms with Gasteiger partial charge < -0.3 is 0 Å². The molecule has 0 radical (unpaired) electrons. The van der Waals surface area contributed by atoms with E-state index in [0.717, 1.165) is 4.57 Å². The van der Waals surface area contributed by atoms with Crippen molar-refractivity contribution in [1.82, 2.24) is 9.13 Å². The molecular formula is C18H18N2O3S. The second-order valence-electron chi connectivity index (χ2n) is 6.18. The Morgan fingerprint density at radius 3 is 2.46 bits per heavy atom. The van der Waals surface area contributed by atoms with E-state index in [2.05, 4.69) is 0 Å². The van der Waals surface area contributed by atoms with Crippen molar-refractivity contribution < 1.29 is 4.79 Å². The van der Waals surface area contributed by atoms with Gasteiger partial charge in [-0.1, -0.05) is 44.2 Å². The summed E-state index contributed by atoms with van der Waals surface area (Å²) in [5.41, 5.74) is -0.140. The average Bonchev–Trinajstić information content (AvgIpc) is 3.02. The quantitative estimate of drug-likeness (QED) is 0.685. The van der Waals surface area contributed by atoms with Gasteiger partial charge in [-0.3, -0.25) is 18.7 Å². The SMILES string of the molecule is CC(C)Cn1c(=O)n(C)c(=O)c2cc(C(=O)c3ccccc3)sc21. The molecule has 0 atom stereocenters. The van der Waals surface area contributed by atoms with Crippen LogP contribution in [0.4, 0.5) is 0 Å². The zero-order chi connectivity index (χ0) is 17.4. The minimum Gasteiger partial charge on any atom is -0.288 e. The second-order valence-corrected chi connectivity index (χ2v) is 7.21. The van der Waals surface area contributed by atoms with Crippen LogP contribution in [-0.2, 0) is 13.6 Å². The smallest absolute Gasteiger partial charge is 0.288 e. The molecule has 0 amide bonds. The Balaban J connectivity index is 2.24. The molecular weight excluding hydrogens is 324 g/mol. The lowest BCUT2D eigenvalue weighted by atomic mass is 10.1. The summed E-state index contributed by atoms with van der Waals surface area (Å²) in [5.74, 6) is 0.112. The number of fused-ring (bicyclic) bond motifs is 1. The van der Waals surface area contributed by atoms with Crippen molar-refractivity contribution in [3.63, 3.8) is 0 Å². The van der Waals surface area contributed by atoms with Gasteiger partial charge in [0.05, 0.1) is 10.3 Å². The standard InChI is InChI=1S/C18H18N2O3S/c1-11(2)10-20-17-13(16(22)19(3)18(20)23)9-14(24-17)15(21)12-7-5-4-6-8-12/h4-9,11H,10H2,1-3H3. The van der Waals surface area contributed by atoms with Crippen LogP contribution in [0.1, 0.15) is 29.1 Å². The molecule has 2 heterocycles. The molecule has 0 N–H and O–H groups in total. The van der Waals surface area contributed by atoms with Crippen molar-refractivity contribution in [3.05, 3.63) is 67.7 Å². The van der Waals surface area contributed by atoms with Gasteiger partial charge in [0.15, 0.2) is 0 Å². The molecule has 0 unspecified atom stereocenters. The fourth-order valence-corrected chi connectivity index (χ4v) is 3.76. The monoisotopic (exact) mass is 342 g/mol. The van der Waals surface area contributed by atoms with Gasteiger partial charge in [-0.15, -0.1) is 11.3 Å². The van der Waals surface area contributed by atoms with E-state index in [0.29, 0.717) is 27.2 Å². The van der Waals surface area contributed by atoms with Crippen LogP contribution in [0.15, 0.2) is 46.0 Å². The molecule has 0 aliphatic heterocycles. The third-order valence-corrected chi connectivity index (χ3v) is 4.97. The van der Waals surface area contributed by atoms with Gasteiger partial charge in [0.2, 0.25) is 5.78 Å². The Kier molecular flexibility index (Phi) is 4.24. The fourth-order valence-electron chi connectivity index (χ4n) is 2.64. The van der Waals surface area contributed by atoms with Gasteiger partial charge in [-0.2, -0.15) is 0 Å². The summed E-state index contributed by atoms with van der Waals surface area (Å²) < 4.78 is 2.70. The Labute approximate surface area is 142 Å². The minimum atomic E-state index is -0.363. The molecule has 1 aromatic carbocycles. The molecule has 0 aliphatic carbocycles. The number of hydrogen-bond donors (Lipinski definition) is 0. The van der Waals surface area contributed by atoms with Crippen molar-refractivity contribution in [2.24, 2.45) is 13.0 Å². The molecule has 124 valence electrons. The summed E-state index contributed by atoms with van der Waals surface area (Å²) in [6, 6.07) is 10.5. The van der Waals surface area contributed by atoms with Crippen LogP contribution >= 0.6 is 11.3 Å². The van der Waals surface area contributed by atoms with Gasteiger partial charge in [-0.05, 0) is 12.0 Å². The van der Waals surface area contributed by atoms with Crippen LogP contribution in [0.25, 0.3) is 10.2 Å². The lowest BCUT2D eigenvalue weighted by Gasteiger charge is -2.11. The second kappa shape index (κ2) is 6.20. The van der Waals surface area contributed by atoms with E-state index in [4.69, 9.17) is 0 Å². The Hall–Kier alpha value is -2.47. The average molecular weight is 342 g/mol. The number of thiophene rings is 1. The van der Waals surface area contributed by atoms with Gasteiger partial charge in [0.25, 0.3) is 5.56 Å². The van der Waals surface area contributed by atoms with Crippen molar-refractivity contribution in [3.8, 4) is 0 Å². The highest BCUT2D eigenvalue weighted by atomic mass is 32.1. The van der Waals surface area contributed by atoms with Crippen LogP contribution in [0.2, 0.25) is 0 Å². The molecule has 3 aromatic rings. The summed E-state index contributed by atoms with van der Waals surface area (Å²) in [5, 5.41) is 0.419. The van der Waals surface area contributed by atoms with E-state index in [1.54, 1.807) is 34.9 Å². The number of hydrogen-bond acceptors (Lipinski definition) is 4. The zero-order valence-electron chi connectivity index (χ0n) is 13.8. The lowest BCUT2D eigenvalue weighted by Crippen LogP contribution is -2.38. The Morgan fingerprint density at radius 2 is 1.83 bits per heavy atom. The van der Waals surface area contributed by atoms with E-state index >= 15 is 0 Å². The Bertz CT molecular complexity index is 1030. The van der Waals surface area contributed by atoms with Crippen LogP contribution in [0.3, 0.4) is 0 Å². The maximum atomic E-state index is 12.6. The maximum Gasteiger partial charge on any atom is 0.331 e. The minimum absolute atomic E-state index is 0.137. The van der Waals surface area contributed by atoms with Gasteiger partial charge >= 0.3 is 5.69 Å². The first-order chi connectivity index (χ1) is 11.4. The van der Waals surface area contributed by atoms with E-state index in [1.165, 1.54) is 18.4 Å². The summed E-state index contributed by atoms with van der Waals surface area (Å²) in [7, 11) is 1.47. The predicted molar refractivity (Wildman–Crippen MR) is 96.0 cm³/mol. The predicted octanol–water partition coefficient (Wildman–Crippen LogP) is 2.65. The molecule has 0 saturated carbocycles. The number of benzene rings is 1. The highest BCUT2D eigenvalue weighted by molar-refractivity contribution is 7.20. The number of carbonyl (C=O) groups excluding carboxylic acids is 1. The van der Waals surface area contributed by atoms with Crippen LogP contribution in [0, 0.1) is 5.92 Å². The molecule has 0 aliphatic rings. The summed E-state index contributed by atoms with van der Waals surface area (Å²) in [6.07, 6.45) is 0. The van der Waals surface area contributed by atoms with E-state index in [-0.39, 0.29) is 23.0 Å². The first-order valence-corrected chi connectivity index (χ1v) is 8.55. The van der Waals surface area contributed by atoms with Gasteiger partial charge in [-0.25, -0.2) is 4.79 Å². The van der Waals surface area contributed by atoms with Crippen molar-refractivity contribution in [1.29, 1.82) is 0 Å². The largest absolute Gasteiger partial charge is 0.331 e. The van der Waals surface area contributed by atoms with E-state index < -0.39 is 0 Å². The number of carbonyl (C=O) groups is 1. The summed E-state index contributed by atoms with van der Waals surface area (Å²) in [6.45, 7) is 4.52. The van der Waals surface area contributed by atoms with Gasteiger partial charge in [0, 0.05) is 19.2 Å². The normalized spacial score (nSPS) is 11.3. The topological polar surface area (TPSA) is 61.1 Å². The first-order valence-electron chi connectivity index (χ1n) is 7.73. The molecule has 5 nitrogen and oxygen atoms in total. The van der Waals surface area contributed by atoms with E-state index in [1.807, 2.05) is 19.9 Å². The van der Waals surface area contributed by atoms with Crippen LogP contribution in [0.5, 0.6) is 0 Å². The molecule has 0 fully saturated rings. The molecule has 0 bridgehead atoms. The first kappa shape index (κ1) is 16.4. The fraction of sp³-hybridized carbons (Fsp3) is 0.278. The van der Waals surface area contributed by atoms with Crippen LogP contribution < -0.4 is 11.2 Å². The van der Waals surface area contributed by atoms with Crippen molar-refractivity contribution in [2.45, 2.75) is 20.4 Å². The number of rotatable bonds is 4. The number of ketones is 1. The Morgan fingerprint density at radius 1 is 1.17 bits per heavy atom. The molecule has 24 heavy (non-hydrogen) atoms.